The summed E-state index contributed by atoms with van der Waals surface area (Å²) in [5, 5.41) is 6.49. The molecule has 0 aliphatic carbocycles. The molecule has 2 N–H and O–H groups in total. The van der Waals surface area contributed by atoms with Crippen LogP contribution in [0.1, 0.15) is 17.5 Å². The number of hydrogen-bond acceptors (Lipinski definition) is 3. The second-order valence-corrected chi connectivity index (χ2v) is 5.76. The molecule has 2 aromatic rings. The van der Waals surface area contributed by atoms with Crippen LogP contribution in [0.2, 0.25) is 0 Å². The number of halogens is 1. The third-order valence-corrected chi connectivity index (χ3v) is 3.72. The highest BCUT2D eigenvalue weighted by molar-refractivity contribution is 5.79. The maximum Gasteiger partial charge on any atom is 0.191 e. The maximum atomic E-state index is 13.2. The van der Waals surface area contributed by atoms with Gasteiger partial charge in [0.15, 0.2) is 5.96 Å². The van der Waals surface area contributed by atoms with E-state index in [4.69, 9.17) is 9.47 Å². The van der Waals surface area contributed by atoms with Gasteiger partial charge < -0.3 is 20.1 Å². The highest BCUT2D eigenvalue weighted by atomic mass is 19.1. The summed E-state index contributed by atoms with van der Waals surface area (Å²) in [4.78, 5) is 4.19. The molecular weight excluding hydrogens is 333 g/mol. The molecule has 6 heteroatoms. The van der Waals surface area contributed by atoms with Gasteiger partial charge in [-0.3, -0.25) is 4.99 Å². The number of ether oxygens (including phenoxy) is 2. The highest BCUT2D eigenvalue weighted by Gasteiger charge is 2.01. The molecule has 0 spiro atoms. The van der Waals surface area contributed by atoms with Gasteiger partial charge in [0.25, 0.3) is 0 Å². The van der Waals surface area contributed by atoms with Crippen LogP contribution < -0.4 is 15.4 Å². The Morgan fingerprint density at radius 1 is 1.08 bits per heavy atom. The first-order valence-corrected chi connectivity index (χ1v) is 8.61. The number of hydrogen-bond donors (Lipinski definition) is 2. The van der Waals surface area contributed by atoms with Crippen molar-refractivity contribution in [1.82, 2.24) is 10.6 Å². The summed E-state index contributed by atoms with van der Waals surface area (Å²) >= 11 is 0. The van der Waals surface area contributed by atoms with Gasteiger partial charge in [-0.15, -0.1) is 0 Å². The van der Waals surface area contributed by atoms with E-state index in [0.29, 0.717) is 13.2 Å². The Morgan fingerprint density at radius 3 is 2.58 bits per heavy atom. The second kappa shape index (κ2) is 11.1. The van der Waals surface area contributed by atoms with Crippen molar-refractivity contribution in [2.75, 3.05) is 27.3 Å². The molecule has 0 saturated carbocycles. The summed E-state index contributed by atoms with van der Waals surface area (Å²) in [6.45, 7) is 2.53. The van der Waals surface area contributed by atoms with E-state index in [1.165, 1.54) is 12.1 Å². The number of rotatable bonds is 9. The van der Waals surface area contributed by atoms with Gasteiger partial charge in [0.05, 0.1) is 0 Å². The summed E-state index contributed by atoms with van der Waals surface area (Å²) in [6.07, 6.45) is 0.925. The van der Waals surface area contributed by atoms with Gasteiger partial charge in [0, 0.05) is 33.9 Å². The minimum absolute atomic E-state index is 0.253. The summed E-state index contributed by atoms with van der Waals surface area (Å²) < 4.78 is 23.9. The van der Waals surface area contributed by atoms with E-state index in [9.17, 15) is 4.39 Å². The molecular formula is C20H26FN3O2. The van der Waals surface area contributed by atoms with Crippen LogP contribution in [-0.4, -0.2) is 33.3 Å². The SMILES string of the molecule is CN=C(NCCCOC)NCc1ccc(OCc2cccc(F)c2)cc1. The number of nitrogens with zero attached hydrogens (tertiary/aromatic N) is 1. The topological polar surface area (TPSA) is 54.9 Å². The van der Waals surface area contributed by atoms with E-state index in [-0.39, 0.29) is 5.82 Å². The normalized spacial score (nSPS) is 11.3. The Bertz CT molecular complexity index is 690. The molecule has 0 saturated heterocycles. The molecule has 0 amide bonds. The number of benzene rings is 2. The van der Waals surface area contributed by atoms with Gasteiger partial charge in [-0.2, -0.15) is 0 Å². The maximum absolute atomic E-state index is 13.2. The van der Waals surface area contributed by atoms with Crippen molar-refractivity contribution < 1.29 is 13.9 Å². The van der Waals surface area contributed by atoms with Gasteiger partial charge >= 0.3 is 0 Å². The zero-order valence-electron chi connectivity index (χ0n) is 15.3. The molecule has 0 fully saturated rings. The van der Waals surface area contributed by atoms with Crippen LogP contribution in [0, 0.1) is 5.82 Å². The zero-order valence-corrected chi connectivity index (χ0v) is 15.3. The van der Waals surface area contributed by atoms with Crippen LogP contribution >= 0.6 is 0 Å². The molecule has 5 nitrogen and oxygen atoms in total. The standard InChI is InChI=1S/C20H26FN3O2/c1-22-20(23-11-4-12-25-2)24-14-16-7-9-19(10-8-16)26-15-17-5-3-6-18(21)13-17/h3,5-10,13H,4,11-12,14-15H2,1-2H3,(H2,22,23,24). The van der Waals surface area contributed by atoms with Crippen molar-refractivity contribution >= 4 is 5.96 Å². The van der Waals surface area contributed by atoms with Crippen LogP contribution in [-0.2, 0) is 17.9 Å². The molecule has 0 aliphatic rings. The van der Waals surface area contributed by atoms with E-state index in [0.717, 1.165) is 42.4 Å². The average molecular weight is 359 g/mol. The molecule has 0 heterocycles. The summed E-state index contributed by atoms with van der Waals surface area (Å²) in [6, 6.07) is 14.2. The van der Waals surface area contributed by atoms with Crippen molar-refractivity contribution in [3.8, 4) is 5.75 Å². The largest absolute Gasteiger partial charge is 0.489 e. The van der Waals surface area contributed by atoms with Crippen LogP contribution in [0.25, 0.3) is 0 Å². The first-order chi connectivity index (χ1) is 12.7. The zero-order chi connectivity index (χ0) is 18.6. The predicted octanol–water partition coefficient (Wildman–Crippen LogP) is 3.11. The Morgan fingerprint density at radius 2 is 1.88 bits per heavy atom. The van der Waals surface area contributed by atoms with E-state index in [2.05, 4.69) is 15.6 Å². The van der Waals surface area contributed by atoms with Crippen molar-refractivity contribution in [2.24, 2.45) is 4.99 Å². The third-order valence-electron chi connectivity index (χ3n) is 3.72. The molecule has 2 rings (SSSR count). The van der Waals surface area contributed by atoms with Crippen LogP contribution in [0.5, 0.6) is 5.75 Å². The Balaban J connectivity index is 1.76. The molecule has 0 aromatic heterocycles. The first-order valence-electron chi connectivity index (χ1n) is 8.61. The van der Waals surface area contributed by atoms with Gasteiger partial charge in [0.2, 0.25) is 0 Å². The third kappa shape index (κ3) is 7.11. The van der Waals surface area contributed by atoms with Gasteiger partial charge in [-0.25, -0.2) is 4.39 Å². The minimum Gasteiger partial charge on any atom is -0.489 e. The second-order valence-electron chi connectivity index (χ2n) is 5.76. The van der Waals surface area contributed by atoms with Crippen molar-refractivity contribution in [2.45, 2.75) is 19.6 Å². The fraction of sp³-hybridized carbons (Fsp3) is 0.350. The fourth-order valence-corrected chi connectivity index (χ4v) is 2.33. The molecule has 0 aliphatic heterocycles. The number of methoxy groups -OCH3 is 1. The lowest BCUT2D eigenvalue weighted by Crippen LogP contribution is -2.37. The van der Waals surface area contributed by atoms with Crippen LogP contribution in [0.3, 0.4) is 0 Å². The predicted molar refractivity (Wildman–Crippen MR) is 102 cm³/mol. The molecule has 140 valence electrons. The van der Waals surface area contributed by atoms with Gasteiger partial charge in [0.1, 0.15) is 18.2 Å². The van der Waals surface area contributed by atoms with E-state index < -0.39 is 0 Å². The van der Waals surface area contributed by atoms with Gasteiger partial charge in [-0.1, -0.05) is 24.3 Å². The summed E-state index contributed by atoms with van der Waals surface area (Å²) in [7, 11) is 3.44. The van der Waals surface area contributed by atoms with E-state index in [1.807, 2.05) is 30.3 Å². The van der Waals surface area contributed by atoms with E-state index >= 15 is 0 Å². The Kier molecular flexibility index (Phi) is 8.42. The average Bonchev–Trinajstić information content (AvgIpc) is 2.67. The molecule has 2 aromatic carbocycles. The Hall–Kier alpha value is -2.60. The molecule has 0 radical (unpaired) electrons. The lowest BCUT2D eigenvalue weighted by molar-refractivity contribution is 0.195. The molecule has 0 atom stereocenters. The first kappa shape index (κ1) is 19.7. The minimum atomic E-state index is -0.253. The number of nitrogens with one attached hydrogen (secondary N) is 2. The van der Waals surface area contributed by atoms with E-state index in [1.54, 1.807) is 20.2 Å². The van der Waals surface area contributed by atoms with Gasteiger partial charge in [-0.05, 0) is 41.8 Å². The van der Waals surface area contributed by atoms with Crippen molar-refractivity contribution in [3.63, 3.8) is 0 Å². The summed E-state index contributed by atoms with van der Waals surface area (Å²) in [5.74, 6) is 1.25. The Labute approximate surface area is 154 Å². The van der Waals surface area contributed by atoms with Crippen molar-refractivity contribution in [3.05, 3.63) is 65.5 Å². The monoisotopic (exact) mass is 359 g/mol. The number of aliphatic imine (C=N–C) groups is 1. The highest BCUT2D eigenvalue weighted by Crippen LogP contribution is 2.14. The molecule has 0 unspecified atom stereocenters. The summed E-state index contributed by atoms with van der Waals surface area (Å²) in [5.41, 5.74) is 1.92. The van der Waals surface area contributed by atoms with Crippen LogP contribution in [0.4, 0.5) is 4.39 Å². The lowest BCUT2D eigenvalue weighted by atomic mass is 10.2. The fourth-order valence-electron chi connectivity index (χ4n) is 2.33. The number of guanidine groups is 1. The molecule has 0 bridgehead atoms. The van der Waals surface area contributed by atoms with Crippen LogP contribution in [0.15, 0.2) is 53.5 Å². The molecule has 26 heavy (non-hydrogen) atoms. The smallest absolute Gasteiger partial charge is 0.191 e. The quantitative estimate of drug-likeness (QED) is 0.410. The lowest BCUT2D eigenvalue weighted by Gasteiger charge is -2.12. The van der Waals surface area contributed by atoms with Crippen molar-refractivity contribution in [1.29, 1.82) is 0 Å².